The van der Waals surface area contributed by atoms with Crippen molar-refractivity contribution in [2.45, 2.75) is 18.9 Å². The zero-order chi connectivity index (χ0) is 20.3. The van der Waals surface area contributed by atoms with Gasteiger partial charge in [0.2, 0.25) is 0 Å². The fraction of sp³-hybridized carbons (Fsp3) is 0.136. The molecule has 6 heteroatoms. The van der Waals surface area contributed by atoms with Crippen molar-refractivity contribution in [3.63, 3.8) is 0 Å². The van der Waals surface area contributed by atoms with Gasteiger partial charge >= 0.3 is 0 Å². The second-order valence-electron chi connectivity index (χ2n) is 6.22. The van der Waals surface area contributed by atoms with Gasteiger partial charge in [0.1, 0.15) is 11.1 Å². The first kappa shape index (κ1) is 19.9. The lowest BCUT2D eigenvalue weighted by molar-refractivity contribution is 0.102. The maximum atomic E-state index is 13.2. The molecule has 0 aliphatic rings. The predicted molar refractivity (Wildman–Crippen MR) is 115 cm³/mol. The Morgan fingerprint density at radius 2 is 1.82 bits per heavy atom. The van der Waals surface area contributed by atoms with E-state index >= 15 is 0 Å². The van der Waals surface area contributed by atoms with E-state index in [1.165, 1.54) is 11.8 Å². The van der Waals surface area contributed by atoms with Crippen molar-refractivity contribution in [3.05, 3.63) is 75.9 Å². The molecule has 1 N–H and O–H groups in total. The van der Waals surface area contributed by atoms with Crippen LogP contribution >= 0.6 is 23.4 Å². The molecule has 1 aromatic heterocycles. The van der Waals surface area contributed by atoms with E-state index in [0.717, 1.165) is 16.8 Å². The average Bonchev–Trinajstić information content (AvgIpc) is 2.69. The number of amides is 1. The van der Waals surface area contributed by atoms with Gasteiger partial charge < -0.3 is 5.32 Å². The zero-order valence-corrected chi connectivity index (χ0v) is 17.3. The van der Waals surface area contributed by atoms with Gasteiger partial charge in [-0.25, -0.2) is 4.98 Å². The number of nitriles is 1. The molecule has 3 rings (SSSR count). The van der Waals surface area contributed by atoms with E-state index in [2.05, 4.69) is 16.4 Å². The Hall–Kier alpha value is -2.81. The first-order valence-electron chi connectivity index (χ1n) is 8.58. The van der Waals surface area contributed by atoms with E-state index in [4.69, 9.17) is 11.6 Å². The third-order valence-electron chi connectivity index (χ3n) is 4.40. The van der Waals surface area contributed by atoms with E-state index in [-0.39, 0.29) is 5.91 Å². The Bertz CT molecular complexity index is 1090. The Morgan fingerprint density at radius 1 is 1.14 bits per heavy atom. The summed E-state index contributed by atoms with van der Waals surface area (Å²) in [5.74, 6) is -0.298. The van der Waals surface area contributed by atoms with Crippen molar-refractivity contribution in [2.75, 3.05) is 11.6 Å². The number of para-hydroxylation sites is 1. The summed E-state index contributed by atoms with van der Waals surface area (Å²) in [4.78, 5) is 17.7. The predicted octanol–water partition coefficient (Wildman–Crippen LogP) is 5.86. The molecule has 0 radical (unpaired) electrons. The van der Waals surface area contributed by atoms with Crippen molar-refractivity contribution in [1.82, 2.24) is 4.98 Å². The lowest BCUT2D eigenvalue weighted by Crippen LogP contribution is -2.17. The number of rotatable bonds is 4. The molecule has 2 aromatic carbocycles. The van der Waals surface area contributed by atoms with Crippen molar-refractivity contribution < 1.29 is 4.79 Å². The molecule has 0 spiro atoms. The van der Waals surface area contributed by atoms with Gasteiger partial charge in [-0.15, -0.1) is 11.8 Å². The van der Waals surface area contributed by atoms with Gasteiger partial charge in [0, 0.05) is 16.3 Å². The number of carbonyl (C=O) groups excluding carboxylic acids is 1. The second kappa shape index (κ2) is 8.47. The highest BCUT2D eigenvalue weighted by atomic mass is 35.5. The number of anilines is 1. The quantitative estimate of drug-likeness (QED) is 0.549. The molecule has 3 aromatic rings. The number of halogens is 1. The molecule has 1 heterocycles. The molecular formula is C22H18ClN3OS. The summed E-state index contributed by atoms with van der Waals surface area (Å²) in [7, 11) is 0. The van der Waals surface area contributed by atoms with E-state index in [9.17, 15) is 10.1 Å². The highest BCUT2D eigenvalue weighted by molar-refractivity contribution is 7.98. The highest BCUT2D eigenvalue weighted by Crippen LogP contribution is 2.35. The minimum atomic E-state index is -0.298. The topological polar surface area (TPSA) is 65.8 Å². The zero-order valence-electron chi connectivity index (χ0n) is 15.7. The van der Waals surface area contributed by atoms with E-state index < -0.39 is 0 Å². The molecule has 0 aliphatic heterocycles. The van der Waals surface area contributed by atoms with Crippen LogP contribution in [0, 0.1) is 25.2 Å². The number of aromatic nitrogens is 1. The first-order valence-corrected chi connectivity index (χ1v) is 10.2. The van der Waals surface area contributed by atoms with Crippen molar-refractivity contribution in [2.24, 2.45) is 0 Å². The first-order chi connectivity index (χ1) is 13.5. The summed E-state index contributed by atoms with van der Waals surface area (Å²) in [6.45, 7) is 3.71. The number of carbonyl (C=O) groups is 1. The minimum absolute atomic E-state index is 0.298. The molecule has 0 saturated heterocycles. The monoisotopic (exact) mass is 407 g/mol. The number of aryl methyl sites for hydroxylation is 2. The van der Waals surface area contributed by atoms with Crippen LogP contribution < -0.4 is 5.32 Å². The Kier molecular flexibility index (Phi) is 6.03. The number of benzene rings is 2. The molecule has 4 nitrogen and oxygen atoms in total. The summed E-state index contributed by atoms with van der Waals surface area (Å²) in [6, 6.07) is 16.9. The van der Waals surface area contributed by atoms with E-state index in [1.54, 1.807) is 19.1 Å². The Morgan fingerprint density at radius 3 is 2.43 bits per heavy atom. The molecule has 0 aliphatic carbocycles. The molecule has 140 valence electrons. The smallest absolute Gasteiger partial charge is 0.258 e. The largest absolute Gasteiger partial charge is 0.322 e. The van der Waals surface area contributed by atoms with E-state index in [0.29, 0.717) is 32.4 Å². The van der Waals surface area contributed by atoms with Crippen molar-refractivity contribution in [3.8, 4) is 17.2 Å². The summed E-state index contributed by atoms with van der Waals surface area (Å²) in [6.07, 6.45) is 1.86. The van der Waals surface area contributed by atoms with Gasteiger partial charge in [-0.1, -0.05) is 41.9 Å². The van der Waals surface area contributed by atoms with E-state index in [1.807, 2.05) is 49.6 Å². The van der Waals surface area contributed by atoms with Crippen molar-refractivity contribution in [1.29, 1.82) is 5.26 Å². The van der Waals surface area contributed by atoms with Crippen LogP contribution in [0.1, 0.15) is 27.2 Å². The second-order valence-corrected chi connectivity index (χ2v) is 7.45. The third kappa shape index (κ3) is 3.89. The lowest BCUT2D eigenvalue weighted by Gasteiger charge is -2.17. The van der Waals surface area contributed by atoms with Crippen LogP contribution in [0.4, 0.5) is 5.69 Å². The Labute approximate surface area is 173 Å². The number of hydrogen-bond donors (Lipinski definition) is 1. The maximum absolute atomic E-state index is 13.2. The van der Waals surface area contributed by atoms with Gasteiger partial charge in [0.05, 0.1) is 16.8 Å². The normalized spacial score (nSPS) is 10.4. The van der Waals surface area contributed by atoms with Crippen molar-refractivity contribution >= 4 is 35.0 Å². The average molecular weight is 408 g/mol. The SMILES string of the molecule is CSc1nc(C)c(C(=O)Nc2ccccc2C)c(-c2ccc(Cl)cc2)c1C#N. The summed E-state index contributed by atoms with van der Waals surface area (Å²) >= 11 is 7.41. The minimum Gasteiger partial charge on any atom is -0.322 e. The fourth-order valence-corrected chi connectivity index (χ4v) is 3.72. The van der Waals surface area contributed by atoms with Crippen LogP contribution in [0.25, 0.3) is 11.1 Å². The lowest BCUT2D eigenvalue weighted by atomic mass is 9.94. The molecule has 0 bridgehead atoms. The standard InChI is InChI=1S/C22H18ClN3OS/c1-13-6-4-5-7-18(13)26-21(27)19-14(2)25-22(28-3)17(12-24)20(19)15-8-10-16(23)11-9-15/h4-11H,1-3H3,(H,26,27). The van der Waals surface area contributed by atoms with Gasteiger partial charge in [-0.05, 0) is 49.4 Å². The molecule has 28 heavy (non-hydrogen) atoms. The molecule has 0 atom stereocenters. The number of nitrogens with zero attached hydrogens (tertiary/aromatic N) is 2. The van der Waals surface area contributed by atoms with Crippen LogP contribution in [0.3, 0.4) is 0 Å². The third-order valence-corrected chi connectivity index (χ3v) is 5.34. The van der Waals surface area contributed by atoms with Gasteiger partial charge in [0.25, 0.3) is 5.91 Å². The summed E-state index contributed by atoms with van der Waals surface area (Å²) in [5, 5.41) is 14.0. The van der Waals surface area contributed by atoms with Crippen LogP contribution in [-0.4, -0.2) is 17.1 Å². The number of thioether (sulfide) groups is 1. The molecule has 0 unspecified atom stereocenters. The molecule has 0 saturated carbocycles. The number of pyridine rings is 1. The number of hydrogen-bond acceptors (Lipinski definition) is 4. The number of nitrogens with one attached hydrogen (secondary N) is 1. The van der Waals surface area contributed by atoms with Gasteiger partial charge in [0.15, 0.2) is 0 Å². The van der Waals surface area contributed by atoms with Crippen LogP contribution in [0.2, 0.25) is 5.02 Å². The summed E-state index contributed by atoms with van der Waals surface area (Å²) < 4.78 is 0. The fourth-order valence-electron chi connectivity index (χ4n) is 3.01. The van der Waals surface area contributed by atoms with Gasteiger partial charge in [-0.3, -0.25) is 4.79 Å². The van der Waals surface area contributed by atoms with Crippen LogP contribution in [0.15, 0.2) is 53.6 Å². The summed E-state index contributed by atoms with van der Waals surface area (Å²) in [5.41, 5.74) is 4.34. The molecule has 0 fully saturated rings. The highest BCUT2D eigenvalue weighted by Gasteiger charge is 2.24. The van der Waals surface area contributed by atoms with Gasteiger partial charge in [-0.2, -0.15) is 5.26 Å². The Balaban J connectivity index is 2.22. The maximum Gasteiger partial charge on any atom is 0.258 e. The molecule has 1 amide bonds. The molecular weight excluding hydrogens is 390 g/mol. The van der Waals surface area contributed by atoms with Crippen LogP contribution in [-0.2, 0) is 0 Å². The van der Waals surface area contributed by atoms with Crippen LogP contribution in [0.5, 0.6) is 0 Å².